The maximum atomic E-state index is 13.8. The zero-order valence-electron chi connectivity index (χ0n) is 10.9. The van der Waals surface area contributed by atoms with E-state index in [1.54, 1.807) is 13.1 Å². The summed E-state index contributed by atoms with van der Waals surface area (Å²) in [5, 5.41) is -0.571. The van der Waals surface area contributed by atoms with E-state index in [2.05, 4.69) is 0 Å². The maximum absolute atomic E-state index is 13.8. The van der Waals surface area contributed by atoms with Gasteiger partial charge in [0, 0.05) is 12.8 Å². The van der Waals surface area contributed by atoms with Gasteiger partial charge in [-0.1, -0.05) is 32.7 Å². The van der Waals surface area contributed by atoms with Gasteiger partial charge in [0.05, 0.1) is 7.59 Å². The molecular formula is C11H15F5Si2. The van der Waals surface area contributed by atoms with E-state index in [0.29, 0.717) is 0 Å². The van der Waals surface area contributed by atoms with Crippen molar-refractivity contribution in [3.05, 3.63) is 29.1 Å². The van der Waals surface area contributed by atoms with Crippen LogP contribution in [0.2, 0.25) is 32.7 Å². The van der Waals surface area contributed by atoms with Gasteiger partial charge in [0.2, 0.25) is 5.82 Å². The molecule has 0 atom stereocenters. The third kappa shape index (κ3) is 2.13. The Bertz CT molecular complexity index is 462. The highest BCUT2D eigenvalue weighted by molar-refractivity contribution is 7.45. The summed E-state index contributed by atoms with van der Waals surface area (Å²) < 4.78 is 66.9. The van der Waals surface area contributed by atoms with Gasteiger partial charge in [-0.15, -0.1) is 0 Å². The van der Waals surface area contributed by atoms with Gasteiger partial charge in [-0.25, -0.2) is 22.0 Å². The Morgan fingerprint density at radius 1 is 0.556 bits per heavy atom. The molecule has 102 valence electrons. The van der Waals surface area contributed by atoms with Crippen LogP contribution >= 0.6 is 0 Å². The van der Waals surface area contributed by atoms with Gasteiger partial charge in [-0.2, -0.15) is 0 Å². The summed E-state index contributed by atoms with van der Waals surface area (Å²) in [4.78, 5) is 0. The molecule has 0 spiro atoms. The topological polar surface area (TPSA) is 0 Å². The van der Waals surface area contributed by atoms with Crippen LogP contribution in [0, 0.1) is 29.1 Å². The number of hydrogen-bond donors (Lipinski definition) is 0. The predicted molar refractivity (Wildman–Crippen MR) is 66.7 cm³/mol. The van der Waals surface area contributed by atoms with Crippen molar-refractivity contribution in [3.8, 4) is 0 Å². The van der Waals surface area contributed by atoms with Crippen molar-refractivity contribution in [2.24, 2.45) is 0 Å². The van der Waals surface area contributed by atoms with E-state index in [1.165, 1.54) is 0 Å². The standard InChI is InChI=1S/C11H15F5Si2/c1-17(2,3)18(4,5)11-9(15)7(13)6(12)8(14)10(11)16/h1-5H3. The highest BCUT2D eigenvalue weighted by Crippen LogP contribution is 2.25. The van der Waals surface area contributed by atoms with Crippen LogP contribution in [0.25, 0.3) is 0 Å². The van der Waals surface area contributed by atoms with Crippen LogP contribution in [0.5, 0.6) is 0 Å². The van der Waals surface area contributed by atoms with Gasteiger partial charge in [0.15, 0.2) is 23.3 Å². The van der Waals surface area contributed by atoms with E-state index < -0.39 is 49.5 Å². The summed E-state index contributed by atoms with van der Waals surface area (Å²) in [5.74, 6) is -9.10. The van der Waals surface area contributed by atoms with Crippen molar-refractivity contribution in [1.29, 1.82) is 0 Å². The van der Waals surface area contributed by atoms with Crippen LogP contribution in [0.15, 0.2) is 0 Å². The van der Waals surface area contributed by atoms with Crippen molar-refractivity contribution in [1.82, 2.24) is 0 Å². The molecule has 1 rings (SSSR count). The van der Waals surface area contributed by atoms with Crippen LogP contribution < -0.4 is 5.19 Å². The molecule has 1 aromatic carbocycles. The van der Waals surface area contributed by atoms with Crippen molar-refractivity contribution >= 4 is 20.4 Å². The lowest BCUT2D eigenvalue weighted by Crippen LogP contribution is -2.63. The Hall–Kier alpha value is -0.696. The number of rotatable bonds is 2. The minimum Gasteiger partial charge on any atom is -0.204 e. The summed E-state index contributed by atoms with van der Waals surface area (Å²) in [6, 6.07) is 0. The molecule has 0 aliphatic rings. The van der Waals surface area contributed by atoms with Crippen LogP contribution in [-0.2, 0) is 0 Å². The number of hydrogen-bond acceptors (Lipinski definition) is 0. The van der Waals surface area contributed by atoms with Crippen molar-refractivity contribution < 1.29 is 22.0 Å². The lowest BCUT2D eigenvalue weighted by Gasteiger charge is -2.36. The molecule has 18 heavy (non-hydrogen) atoms. The first-order valence-corrected chi connectivity index (χ1v) is 12.9. The largest absolute Gasteiger partial charge is 0.204 e. The summed E-state index contributed by atoms with van der Waals surface area (Å²) in [5.41, 5.74) is 0. The van der Waals surface area contributed by atoms with Crippen molar-refractivity contribution in [3.63, 3.8) is 0 Å². The Kier molecular flexibility index (Phi) is 3.79. The lowest BCUT2D eigenvalue weighted by atomic mass is 10.3. The second-order valence-corrected chi connectivity index (χ2v) is 22.3. The van der Waals surface area contributed by atoms with E-state index >= 15 is 0 Å². The minimum atomic E-state index is -2.71. The highest BCUT2D eigenvalue weighted by atomic mass is 29.3. The molecule has 0 nitrogen and oxygen atoms in total. The van der Waals surface area contributed by atoms with Crippen LogP contribution in [-0.4, -0.2) is 15.2 Å². The molecule has 0 unspecified atom stereocenters. The highest BCUT2D eigenvalue weighted by Gasteiger charge is 2.44. The summed E-state index contributed by atoms with van der Waals surface area (Å²) in [7, 11) is -4.76. The lowest BCUT2D eigenvalue weighted by molar-refractivity contribution is 0.384. The first-order valence-electron chi connectivity index (χ1n) is 5.44. The van der Waals surface area contributed by atoms with E-state index in [0.717, 1.165) is 0 Å². The quantitative estimate of drug-likeness (QED) is 0.338. The molecule has 0 heterocycles. The minimum absolute atomic E-state index is 0.571. The van der Waals surface area contributed by atoms with Crippen LogP contribution in [0.3, 0.4) is 0 Å². The Labute approximate surface area is 105 Å². The van der Waals surface area contributed by atoms with Gasteiger partial charge in [0.25, 0.3) is 0 Å². The van der Waals surface area contributed by atoms with Crippen LogP contribution in [0.1, 0.15) is 0 Å². The van der Waals surface area contributed by atoms with Gasteiger partial charge in [0.1, 0.15) is 0 Å². The molecule has 0 aliphatic carbocycles. The van der Waals surface area contributed by atoms with Gasteiger partial charge < -0.3 is 0 Å². The monoisotopic (exact) mass is 298 g/mol. The summed E-state index contributed by atoms with van der Waals surface area (Å²) in [6.07, 6.45) is 0. The second kappa shape index (κ2) is 4.45. The Morgan fingerprint density at radius 3 is 1.11 bits per heavy atom. The first kappa shape index (κ1) is 15.4. The number of benzene rings is 1. The van der Waals surface area contributed by atoms with E-state index in [9.17, 15) is 22.0 Å². The molecule has 0 fully saturated rings. The first-order chi connectivity index (χ1) is 7.93. The van der Waals surface area contributed by atoms with E-state index in [4.69, 9.17) is 0 Å². The molecule has 0 saturated heterocycles. The van der Waals surface area contributed by atoms with E-state index in [1.807, 2.05) is 19.6 Å². The molecular weight excluding hydrogens is 283 g/mol. The molecule has 7 heteroatoms. The maximum Gasteiger partial charge on any atom is 0.200 e. The SMILES string of the molecule is C[Si](C)(C)[Si](C)(C)c1c(F)c(F)c(F)c(F)c1F. The van der Waals surface area contributed by atoms with Crippen molar-refractivity contribution in [2.75, 3.05) is 0 Å². The Morgan fingerprint density at radius 2 is 0.833 bits per heavy atom. The average molecular weight is 298 g/mol. The summed E-state index contributed by atoms with van der Waals surface area (Å²) >= 11 is 0. The molecule has 0 aromatic heterocycles. The smallest absolute Gasteiger partial charge is 0.200 e. The normalized spacial score (nSPS) is 13.0. The third-order valence-corrected chi connectivity index (χ3v) is 21.1. The summed E-state index contributed by atoms with van der Waals surface area (Å²) in [6.45, 7) is 8.92. The van der Waals surface area contributed by atoms with Gasteiger partial charge >= 0.3 is 0 Å². The zero-order valence-corrected chi connectivity index (χ0v) is 12.9. The fourth-order valence-electron chi connectivity index (χ4n) is 1.53. The van der Waals surface area contributed by atoms with Crippen LogP contribution in [0.4, 0.5) is 22.0 Å². The Balaban J connectivity index is 3.72. The van der Waals surface area contributed by atoms with E-state index in [-0.39, 0.29) is 0 Å². The second-order valence-electron chi connectivity index (χ2n) is 5.82. The molecule has 0 radical (unpaired) electrons. The van der Waals surface area contributed by atoms with Gasteiger partial charge in [-0.05, 0) is 0 Å². The molecule has 0 N–H and O–H groups in total. The molecule has 0 amide bonds. The molecule has 0 bridgehead atoms. The molecule has 0 saturated carbocycles. The zero-order chi connectivity index (χ0) is 14.5. The van der Waals surface area contributed by atoms with Crippen molar-refractivity contribution in [2.45, 2.75) is 32.7 Å². The fourth-order valence-corrected chi connectivity index (χ4v) is 6.50. The molecule has 1 aromatic rings. The number of halogens is 5. The van der Waals surface area contributed by atoms with Gasteiger partial charge in [-0.3, -0.25) is 0 Å². The average Bonchev–Trinajstić information content (AvgIpc) is 2.22. The fraction of sp³-hybridized carbons (Fsp3) is 0.455. The predicted octanol–water partition coefficient (Wildman–Crippen LogP) is 3.71. The molecule has 0 aliphatic heterocycles. The third-order valence-electron chi connectivity index (χ3n) is 3.71.